The number of primary amides is 1. The van der Waals surface area contributed by atoms with Crippen LogP contribution in [0, 0.1) is 6.92 Å². The summed E-state index contributed by atoms with van der Waals surface area (Å²) in [5.74, 6) is 0.390. The third-order valence-electron chi connectivity index (χ3n) is 2.54. The van der Waals surface area contributed by atoms with Crippen LogP contribution in [0.3, 0.4) is 0 Å². The maximum Gasteiger partial charge on any atom is 0.219 e. The lowest BCUT2D eigenvalue weighted by Gasteiger charge is -2.18. The molecule has 0 bridgehead atoms. The molecule has 5 nitrogen and oxygen atoms in total. The number of ether oxygens (including phenoxy) is 1. The molecule has 1 atom stereocenters. The Balaban J connectivity index is 2.80. The lowest BCUT2D eigenvalue weighted by molar-refractivity contribution is -0.118. The minimum absolute atomic E-state index is 0.154. The number of carbonyl (C=O) groups excluding carboxylic acids is 1. The van der Waals surface area contributed by atoms with Crippen molar-refractivity contribution >= 4 is 11.6 Å². The molecular weight excluding hydrogens is 218 g/mol. The number of hydrogen-bond acceptors (Lipinski definition) is 4. The number of benzene rings is 1. The van der Waals surface area contributed by atoms with Crippen molar-refractivity contribution in [1.82, 2.24) is 0 Å². The first-order chi connectivity index (χ1) is 8.06. The van der Waals surface area contributed by atoms with Crippen LogP contribution in [0.2, 0.25) is 0 Å². The summed E-state index contributed by atoms with van der Waals surface area (Å²) in [6.07, 6.45) is 0.215. The summed E-state index contributed by atoms with van der Waals surface area (Å²) in [5, 5.41) is 3.20. The van der Waals surface area contributed by atoms with E-state index in [1.165, 1.54) is 0 Å². The van der Waals surface area contributed by atoms with Gasteiger partial charge in [-0.15, -0.1) is 0 Å². The van der Waals surface area contributed by atoms with Crippen LogP contribution in [0.5, 0.6) is 5.75 Å². The maximum atomic E-state index is 10.9. The normalized spacial score (nSPS) is 11.9. The highest BCUT2D eigenvalue weighted by atomic mass is 16.5. The van der Waals surface area contributed by atoms with Crippen LogP contribution in [0.4, 0.5) is 5.69 Å². The SMILES string of the molecule is COc1ccc(C)c(NC(CN)CC(N)=O)c1. The molecule has 1 aromatic rings. The van der Waals surface area contributed by atoms with E-state index in [0.29, 0.717) is 6.54 Å². The third kappa shape index (κ3) is 3.96. The van der Waals surface area contributed by atoms with Crippen molar-refractivity contribution in [3.8, 4) is 5.75 Å². The predicted molar refractivity (Wildman–Crippen MR) is 68.0 cm³/mol. The van der Waals surface area contributed by atoms with Crippen molar-refractivity contribution in [3.63, 3.8) is 0 Å². The van der Waals surface area contributed by atoms with Crippen LogP contribution in [-0.2, 0) is 4.79 Å². The first kappa shape index (κ1) is 13.3. The summed E-state index contributed by atoms with van der Waals surface area (Å²) in [5.41, 5.74) is 12.7. The molecule has 1 aromatic carbocycles. The van der Waals surface area contributed by atoms with Crippen molar-refractivity contribution in [2.45, 2.75) is 19.4 Å². The third-order valence-corrected chi connectivity index (χ3v) is 2.54. The van der Waals surface area contributed by atoms with E-state index in [0.717, 1.165) is 17.0 Å². The smallest absolute Gasteiger partial charge is 0.219 e. The molecule has 17 heavy (non-hydrogen) atoms. The average Bonchev–Trinajstić information content (AvgIpc) is 2.30. The predicted octanol–water partition coefficient (Wildman–Crippen LogP) is 0.618. The van der Waals surface area contributed by atoms with Gasteiger partial charge in [0.2, 0.25) is 5.91 Å². The monoisotopic (exact) mass is 237 g/mol. The van der Waals surface area contributed by atoms with Crippen molar-refractivity contribution < 1.29 is 9.53 Å². The van der Waals surface area contributed by atoms with Gasteiger partial charge in [-0.1, -0.05) is 6.07 Å². The van der Waals surface area contributed by atoms with E-state index in [1.807, 2.05) is 25.1 Å². The number of nitrogens with one attached hydrogen (secondary N) is 1. The molecule has 5 N–H and O–H groups in total. The van der Waals surface area contributed by atoms with Crippen LogP contribution in [0.15, 0.2) is 18.2 Å². The second kappa shape index (κ2) is 6.10. The zero-order chi connectivity index (χ0) is 12.8. The minimum Gasteiger partial charge on any atom is -0.497 e. The van der Waals surface area contributed by atoms with Gasteiger partial charge in [0.15, 0.2) is 0 Å². The summed E-state index contributed by atoms with van der Waals surface area (Å²) in [4.78, 5) is 10.9. The quantitative estimate of drug-likeness (QED) is 0.676. The number of anilines is 1. The highest BCUT2D eigenvalue weighted by molar-refractivity contribution is 5.75. The second-order valence-corrected chi connectivity index (χ2v) is 3.93. The lowest BCUT2D eigenvalue weighted by Crippen LogP contribution is -2.33. The van der Waals surface area contributed by atoms with Gasteiger partial charge in [0.25, 0.3) is 0 Å². The van der Waals surface area contributed by atoms with Crippen molar-refractivity contribution in [2.75, 3.05) is 19.0 Å². The Bertz CT molecular complexity index is 393. The zero-order valence-corrected chi connectivity index (χ0v) is 10.2. The van der Waals surface area contributed by atoms with Gasteiger partial charge < -0.3 is 21.5 Å². The fraction of sp³-hybridized carbons (Fsp3) is 0.417. The zero-order valence-electron chi connectivity index (χ0n) is 10.2. The number of amides is 1. The van der Waals surface area contributed by atoms with Crippen LogP contribution in [-0.4, -0.2) is 25.6 Å². The van der Waals surface area contributed by atoms with Crippen LogP contribution < -0.4 is 21.5 Å². The number of nitrogens with two attached hydrogens (primary N) is 2. The van der Waals surface area contributed by atoms with E-state index >= 15 is 0 Å². The Morgan fingerprint density at radius 2 is 2.24 bits per heavy atom. The molecule has 94 valence electrons. The van der Waals surface area contributed by atoms with Gasteiger partial charge in [-0.3, -0.25) is 4.79 Å². The lowest BCUT2D eigenvalue weighted by atomic mass is 10.1. The molecule has 0 aromatic heterocycles. The average molecular weight is 237 g/mol. The van der Waals surface area contributed by atoms with E-state index in [1.54, 1.807) is 7.11 Å². The minimum atomic E-state index is -0.367. The molecule has 0 radical (unpaired) electrons. The summed E-state index contributed by atoms with van der Waals surface area (Å²) in [7, 11) is 1.61. The molecule has 0 saturated heterocycles. The number of aryl methyl sites for hydroxylation is 1. The Kier molecular flexibility index (Phi) is 4.78. The topological polar surface area (TPSA) is 90.4 Å². The standard InChI is InChI=1S/C12H19N3O2/c1-8-3-4-10(17-2)6-11(8)15-9(7-13)5-12(14)16/h3-4,6,9,15H,5,7,13H2,1-2H3,(H2,14,16). The highest BCUT2D eigenvalue weighted by Gasteiger charge is 2.11. The van der Waals surface area contributed by atoms with Crippen molar-refractivity contribution in [1.29, 1.82) is 0 Å². The van der Waals surface area contributed by atoms with E-state index in [4.69, 9.17) is 16.2 Å². The van der Waals surface area contributed by atoms with Crippen LogP contribution in [0.25, 0.3) is 0 Å². The number of carbonyl (C=O) groups is 1. The van der Waals surface area contributed by atoms with E-state index in [2.05, 4.69) is 5.32 Å². The van der Waals surface area contributed by atoms with E-state index < -0.39 is 0 Å². The van der Waals surface area contributed by atoms with Crippen LogP contribution in [0.1, 0.15) is 12.0 Å². The molecule has 0 aliphatic carbocycles. The second-order valence-electron chi connectivity index (χ2n) is 3.93. The largest absolute Gasteiger partial charge is 0.497 e. The van der Waals surface area contributed by atoms with Crippen molar-refractivity contribution in [2.24, 2.45) is 11.5 Å². The molecule has 1 amide bonds. The van der Waals surface area contributed by atoms with Gasteiger partial charge in [-0.05, 0) is 18.6 Å². The van der Waals surface area contributed by atoms with Gasteiger partial charge in [0, 0.05) is 30.8 Å². The number of rotatable bonds is 6. The molecule has 0 aliphatic heterocycles. The van der Waals surface area contributed by atoms with Crippen LogP contribution >= 0.6 is 0 Å². The van der Waals surface area contributed by atoms with Gasteiger partial charge in [-0.2, -0.15) is 0 Å². The van der Waals surface area contributed by atoms with E-state index in [9.17, 15) is 4.79 Å². The number of methoxy groups -OCH3 is 1. The first-order valence-corrected chi connectivity index (χ1v) is 5.46. The Labute approximate surface area is 101 Å². The molecular formula is C12H19N3O2. The molecule has 1 unspecified atom stereocenters. The molecule has 0 saturated carbocycles. The summed E-state index contributed by atoms with van der Waals surface area (Å²) >= 11 is 0. The first-order valence-electron chi connectivity index (χ1n) is 5.46. The Morgan fingerprint density at radius 3 is 2.76 bits per heavy atom. The fourth-order valence-electron chi connectivity index (χ4n) is 1.54. The van der Waals surface area contributed by atoms with Gasteiger partial charge in [0.1, 0.15) is 5.75 Å². The molecule has 1 rings (SSSR count). The van der Waals surface area contributed by atoms with Gasteiger partial charge in [-0.25, -0.2) is 0 Å². The summed E-state index contributed by atoms with van der Waals surface area (Å²) < 4.78 is 5.14. The summed E-state index contributed by atoms with van der Waals surface area (Å²) in [6, 6.07) is 5.54. The Hall–Kier alpha value is -1.75. The maximum absolute atomic E-state index is 10.9. The molecule has 5 heteroatoms. The Morgan fingerprint density at radius 1 is 1.53 bits per heavy atom. The highest BCUT2D eigenvalue weighted by Crippen LogP contribution is 2.22. The molecule has 0 spiro atoms. The van der Waals surface area contributed by atoms with Gasteiger partial charge in [0.05, 0.1) is 7.11 Å². The molecule has 0 aliphatic rings. The van der Waals surface area contributed by atoms with Crippen molar-refractivity contribution in [3.05, 3.63) is 23.8 Å². The number of hydrogen-bond donors (Lipinski definition) is 3. The molecule has 0 heterocycles. The summed E-state index contributed by atoms with van der Waals surface area (Å²) in [6.45, 7) is 2.32. The molecule has 0 fully saturated rings. The van der Waals surface area contributed by atoms with E-state index in [-0.39, 0.29) is 18.4 Å². The van der Waals surface area contributed by atoms with Gasteiger partial charge >= 0.3 is 0 Å². The fourth-order valence-corrected chi connectivity index (χ4v) is 1.54.